The largest absolute Gasteiger partial charge is 0.394 e. The van der Waals surface area contributed by atoms with Crippen molar-refractivity contribution in [3.05, 3.63) is 11.6 Å². The molecule has 0 aromatic heterocycles. The van der Waals surface area contributed by atoms with Gasteiger partial charge in [0, 0.05) is 24.7 Å². The molecule has 8 rings (SSSR count). The van der Waals surface area contributed by atoms with E-state index < -0.39 is 154 Å². The Morgan fingerprint density at radius 1 is 0.658 bits per heavy atom. The molecule has 12 N–H and O–H groups in total. The SMILES string of the molecule is CC1O[C@@H](O[C@@H]2C(CO)O[C@@H](OC3CC[C@@]4(C)C(=CC[C@H]5[C@@H]6CC(=O)[C@H]([C@H](C)C(=O)CC[C@@H](C)CO[C@@H]7OC(CO)[C@@H](O)C(O)[C@@H]7O)[C@@]6(C)CC[C@@H]54)C3)[C@@H](O[C@@H]3OC(C)[C@H](O)C(O)[C@@H]3O)C2O)[C@@H](O)C(O)[C@H]1O. The second-order valence-electron chi connectivity index (χ2n) is 23.2. The van der Waals surface area contributed by atoms with E-state index in [2.05, 4.69) is 19.9 Å². The molecule has 22 heteroatoms. The summed E-state index contributed by atoms with van der Waals surface area (Å²) in [7, 11) is 0. The molecule has 29 atom stereocenters. The molecule has 9 unspecified atom stereocenters. The van der Waals surface area contributed by atoms with Crippen LogP contribution in [0.25, 0.3) is 0 Å². The number of hydrogen-bond donors (Lipinski definition) is 12. The van der Waals surface area contributed by atoms with Crippen LogP contribution < -0.4 is 0 Å². The number of aliphatic hydroxyl groups excluding tert-OH is 12. The first-order valence-corrected chi connectivity index (χ1v) is 26.4. The van der Waals surface area contributed by atoms with Crippen molar-refractivity contribution in [2.75, 3.05) is 19.8 Å². The van der Waals surface area contributed by atoms with Gasteiger partial charge in [0.2, 0.25) is 0 Å². The molecule has 0 spiro atoms. The third-order valence-electron chi connectivity index (χ3n) is 18.6. The van der Waals surface area contributed by atoms with Crippen LogP contribution in [0, 0.1) is 46.3 Å². The number of ketones is 2. The van der Waals surface area contributed by atoms with Crippen LogP contribution in [0.4, 0.5) is 0 Å². The minimum atomic E-state index is -1.77. The molecule has 22 nitrogen and oxygen atoms in total. The zero-order valence-electron chi connectivity index (χ0n) is 42.6. The van der Waals surface area contributed by atoms with Gasteiger partial charge in [-0.3, -0.25) is 9.59 Å². The monoisotopic (exact) mass is 1050 g/mol. The Bertz CT molecular complexity index is 1930. The molecule has 3 saturated carbocycles. The first-order chi connectivity index (χ1) is 34.4. The molecule has 7 fully saturated rings. The maximum absolute atomic E-state index is 14.1. The van der Waals surface area contributed by atoms with E-state index in [0.717, 1.165) is 19.3 Å². The summed E-state index contributed by atoms with van der Waals surface area (Å²) < 4.78 is 47.6. The molecule has 0 aromatic carbocycles. The summed E-state index contributed by atoms with van der Waals surface area (Å²) in [6, 6.07) is 0. The van der Waals surface area contributed by atoms with Crippen LogP contribution in [-0.2, 0) is 47.5 Å². The lowest BCUT2D eigenvalue weighted by Gasteiger charge is -2.58. The van der Waals surface area contributed by atoms with Crippen LogP contribution in [0.5, 0.6) is 0 Å². The highest BCUT2D eigenvalue weighted by Gasteiger charge is 2.63. The summed E-state index contributed by atoms with van der Waals surface area (Å²) in [5.74, 6) is -0.436. The summed E-state index contributed by atoms with van der Waals surface area (Å²) >= 11 is 0. The summed E-state index contributed by atoms with van der Waals surface area (Å²) in [5.41, 5.74) is 0.569. The smallest absolute Gasteiger partial charge is 0.187 e. The Balaban J connectivity index is 0.916. The lowest BCUT2D eigenvalue weighted by molar-refractivity contribution is -0.388. The molecule has 73 heavy (non-hydrogen) atoms. The lowest BCUT2D eigenvalue weighted by atomic mass is 9.47. The number of carbonyl (C=O) groups is 2. The van der Waals surface area contributed by atoms with Crippen molar-refractivity contribution in [2.24, 2.45) is 46.3 Å². The highest BCUT2D eigenvalue weighted by atomic mass is 16.8. The summed E-state index contributed by atoms with van der Waals surface area (Å²) in [5, 5.41) is 126. The van der Waals surface area contributed by atoms with Crippen LogP contribution in [0.3, 0.4) is 0 Å². The lowest BCUT2D eigenvalue weighted by Crippen LogP contribution is -2.66. The molecule has 418 valence electrons. The van der Waals surface area contributed by atoms with Crippen molar-refractivity contribution in [1.82, 2.24) is 0 Å². The van der Waals surface area contributed by atoms with E-state index in [9.17, 15) is 70.9 Å². The van der Waals surface area contributed by atoms with Gasteiger partial charge in [-0.2, -0.15) is 0 Å². The Kier molecular flexibility index (Phi) is 18.0. The third kappa shape index (κ3) is 10.9. The van der Waals surface area contributed by atoms with E-state index in [-0.39, 0.29) is 59.1 Å². The first kappa shape index (κ1) is 57.5. The minimum absolute atomic E-state index is 0.00532. The van der Waals surface area contributed by atoms with E-state index in [1.165, 1.54) is 19.4 Å². The van der Waals surface area contributed by atoms with Gasteiger partial charge in [0.25, 0.3) is 0 Å². The average molecular weight is 1050 g/mol. The van der Waals surface area contributed by atoms with Gasteiger partial charge in [0.15, 0.2) is 25.2 Å². The van der Waals surface area contributed by atoms with E-state index >= 15 is 0 Å². The second kappa shape index (κ2) is 22.9. The molecule has 0 bridgehead atoms. The molecule has 0 amide bonds. The van der Waals surface area contributed by atoms with Crippen molar-refractivity contribution >= 4 is 11.6 Å². The van der Waals surface area contributed by atoms with Gasteiger partial charge in [-0.1, -0.05) is 39.3 Å². The van der Waals surface area contributed by atoms with Gasteiger partial charge in [0.1, 0.15) is 97.0 Å². The van der Waals surface area contributed by atoms with Crippen LogP contribution in [0.1, 0.15) is 99.3 Å². The standard InChI is InChI=1S/C51H82O22/c1-20(19-66-46-40(62)39(61)36(58)31(17-52)70-46)7-10-29(54)21(2)33-30(55)16-28-26-9-8-24-15-25(11-13-50(24,5)27(26)12-14-51(28,33)6)69-49-45(73-48-42(64)38(60)35(57)23(4)68-48)43(65)44(32(18-53)71-49)72-47-41(63)37(59)34(56)22(3)67-47/h8,20-23,25-28,31-49,52-53,56-65H,7,9-19H2,1-6H3/t20-,21-,22?,23?,25?,26-,27+,28+,31?,32?,33+,34+,35+,36-,37?,38?,39?,40+,41+,42+,43?,44-,45+,46-,47+,48+,49-,50+,51+/m1/s1. The van der Waals surface area contributed by atoms with Crippen LogP contribution in [-0.4, -0.2) is 222 Å². The van der Waals surface area contributed by atoms with Crippen LogP contribution in [0.15, 0.2) is 11.6 Å². The first-order valence-electron chi connectivity index (χ1n) is 26.4. The van der Waals surface area contributed by atoms with Crippen molar-refractivity contribution in [3.63, 3.8) is 0 Å². The number of hydrogen-bond acceptors (Lipinski definition) is 22. The third-order valence-corrected chi connectivity index (χ3v) is 18.6. The molecule has 4 saturated heterocycles. The number of aliphatic hydroxyl groups is 12. The van der Waals surface area contributed by atoms with Gasteiger partial charge in [-0.05, 0) is 93.3 Å². The number of Topliss-reactive ketones (excluding diaryl/α,β-unsaturated/α-hetero) is 2. The van der Waals surface area contributed by atoms with Gasteiger partial charge < -0.3 is 99.2 Å². The maximum Gasteiger partial charge on any atom is 0.187 e. The molecule has 0 aromatic rings. The van der Waals surface area contributed by atoms with Crippen molar-refractivity contribution in [3.8, 4) is 0 Å². The predicted octanol–water partition coefficient (Wildman–Crippen LogP) is -1.93. The number of rotatable bonds is 16. The Hall–Kier alpha value is -1.72. The zero-order chi connectivity index (χ0) is 53.2. The van der Waals surface area contributed by atoms with Crippen molar-refractivity contribution < 1.29 is 109 Å². The van der Waals surface area contributed by atoms with Gasteiger partial charge in [-0.25, -0.2) is 0 Å². The number of allylic oxidation sites excluding steroid dienone is 1. The molecular weight excluding hydrogens is 965 g/mol. The van der Waals surface area contributed by atoms with Gasteiger partial charge in [0.05, 0.1) is 38.1 Å². The van der Waals surface area contributed by atoms with Crippen LogP contribution in [0.2, 0.25) is 0 Å². The summed E-state index contributed by atoms with van der Waals surface area (Å²) in [6.45, 7) is 9.94. The molecule has 4 aliphatic heterocycles. The molecule has 0 radical (unpaired) electrons. The molecule has 4 aliphatic carbocycles. The second-order valence-corrected chi connectivity index (χ2v) is 23.2. The maximum atomic E-state index is 14.1. The fourth-order valence-electron chi connectivity index (χ4n) is 14.0. The van der Waals surface area contributed by atoms with Crippen molar-refractivity contribution in [2.45, 2.75) is 228 Å². The molecular formula is C51H82O22. The zero-order valence-corrected chi connectivity index (χ0v) is 42.6. The number of fused-ring (bicyclic) bond motifs is 5. The quantitative estimate of drug-likeness (QED) is 0.0749. The Morgan fingerprint density at radius 3 is 1.85 bits per heavy atom. The van der Waals surface area contributed by atoms with Crippen molar-refractivity contribution in [1.29, 1.82) is 0 Å². The minimum Gasteiger partial charge on any atom is -0.394 e. The van der Waals surface area contributed by atoms with E-state index in [1.54, 1.807) is 0 Å². The fourth-order valence-corrected chi connectivity index (χ4v) is 14.0. The fraction of sp³-hybridized carbons (Fsp3) is 0.922. The summed E-state index contributed by atoms with van der Waals surface area (Å²) in [6.07, 6.45) is -22.4. The average Bonchev–Trinajstić information content (AvgIpc) is 3.64. The highest BCUT2D eigenvalue weighted by molar-refractivity contribution is 5.92. The molecule has 8 aliphatic rings. The topological polar surface area (TPSA) is 351 Å². The van der Waals surface area contributed by atoms with Gasteiger partial charge >= 0.3 is 0 Å². The predicted molar refractivity (Wildman–Crippen MR) is 249 cm³/mol. The number of ether oxygens (including phenoxy) is 8. The van der Waals surface area contributed by atoms with Crippen LogP contribution >= 0.6 is 0 Å². The van der Waals surface area contributed by atoms with Gasteiger partial charge in [-0.15, -0.1) is 0 Å². The number of carbonyl (C=O) groups excluding carboxylic acids is 2. The molecule has 4 heterocycles. The summed E-state index contributed by atoms with van der Waals surface area (Å²) in [4.78, 5) is 28.0. The highest BCUT2D eigenvalue weighted by Crippen LogP contribution is 2.66. The van der Waals surface area contributed by atoms with E-state index in [4.69, 9.17) is 37.9 Å². The van der Waals surface area contributed by atoms with E-state index in [1.807, 2.05) is 13.8 Å². The normalized spacial score (nSPS) is 51.1. The Labute approximate surface area is 425 Å². The Morgan fingerprint density at radius 2 is 1.23 bits per heavy atom. The van der Waals surface area contributed by atoms with E-state index in [0.29, 0.717) is 32.1 Å².